The van der Waals surface area contributed by atoms with Gasteiger partial charge in [-0.1, -0.05) is 0 Å². The molecule has 0 unspecified atom stereocenters. The minimum absolute atomic E-state index is 0.479. The second-order valence-electron chi connectivity index (χ2n) is 3.44. The van der Waals surface area contributed by atoms with Gasteiger partial charge in [-0.3, -0.25) is 0 Å². The first-order chi connectivity index (χ1) is 8.72. The van der Waals surface area contributed by atoms with Gasteiger partial charge in [-0.05, 0) is 12.1 Å². The summed E-state index contributed by atoms with van der Waals surface area (Å²) in [5.41, 5.74) is 0.676. The topological polar surface area (TPSA) is 84.4 Å². The molecule has 18 heavy (non-hydrogen) atoms. The monoisotopic (exact) mass is 250 g/mol. The van der Waals surface area contributed by atoms with Crippen molar-refractivity contribution in [3.05, 3.63) is 18.5 Å². The summed E-state index contributed by atoms with van der Waals surface area (Å²) in [4.78, 5) is 0. The lowest BCUT2D eigenvalue weighted by Gasteiger charge is -2.14. The van der Waals surface area contributed by atoms with Crippen molar-refractivity contribution < 1.29 is 14.2 Å². The van der Waals surface area contributed by atoms with Crippen LogP contribution in [0.1, 0.15) is 0 Å². The Labute approximate surface area is 104 Å². The maximum atomic E-state index is 5.72. The lowest BCUT2D eigenvalue weighted by Crippen LogP contribution is -2.09. The van der Waals surface area contributed by atoms with E-state index in [2.05, 4.69) is 10.2 Å². The van der Waals surface area contributed by atoms with E-state index in [0.29, 0.717) is 28.6 Å². The molecule has 2 rings (SSSR count). The Kier molecular flexibility index (Phi) is 3.22. The summed E-state index contributed by atoms with van der Waals surface area (Å²) in [5.74, 6) is 7.76. The van der Waals surface area contributed by atoms with Crippen molar-refractivity contribution in [2.75, 3.05) is 27.2 Å². The van der Waals surface area contributed by atoms with Gasteiger partial charge in [0, 0.05) is 0 Å². The Hall–Kier alpha value is -2.44. The van der Waals surface area contributed by atoms with Gasteiger partial charge in [0.2, 0.25) is 5.75 Å². The van der Waals surface area contributed by atoms with E-state index in [-0.39, 0.29) is 0 Å². The minimum atomic E-state index is 0.479. The van der Waals surface area contributed by atoms with E-state index in [1.807, 2.05) is 0 Å². The zero-order valence-electron chi connectivity index (χ0n) is 10.4. The number of nitrogens with zero attached hydrogens (tertiary/aromatic N) is 3. The second-order valence-corrected chi connectivity index (χ2v) is 3.44. The van der Waals surface area contributed by atoms with Crippen LogP contribution in [0.5, 0.6) is 17.2 Å². The van der Waals surface area contributed by atoms with Crippen LogP contribution in [0.15, 0.2) is 18.5 Å². The van der Waals surface area contributed by atoms with Gasteiger partial charge in [0.05, 0.1) is 26.9 Å². The van der Waals surface area contributed by atoms with Crippen molar-refractivity contribution in [2.45, 2.75) is 0 Å². The van der Waals surface area contributed by atoms with Crippen LogP contribution in [-0.2, 0) is 0 Å². The zero-order chi connectivity index (χ0) is 13.1. The van der Waals surface area contributed by atoms with E-state index in [4.69, 9.17) is 20.1 Å². The fourth-order valence-corrected chi connectivity index (χ4v) is 1.71. The molecule has 0 saturated carbocycles. The summed E-state index contributed by atoms with van der Waals surface area (Å²) >= 11 is 0. The highest BCUT2D eigenvalue weighted by atomic mass is 16.5. The van der Waals surface area contributed by atoms with Crippen LogP contribution in [0.3, 0.4) is 0 Å². The smallest absolute Gasteiger partial charge is 0.204 e. The number of benzene rings is 1. The lowest BCUT2D eigenvalue weighted by atomic mass is 10.1. The molecule has 7 nitrogen and oxygen atoms in total. The molecule has 2 N–H and O–H groups in total. The first-order valence-corrected chi connectivity index (χ1v) is 5.17. The van der Waals surface area contributed by atoms with Crippen molar-refractivity contribution in [1.29, 1.82) is 0 Å². The van der Waals surface area contributed by atoms with Crippen LogP contribution in [0.25, 0.3) is 11.4 Å². The molecule has 0 aliphatic rings. The summed E-state index contributed by atoms with van der Waals surface area (Å²) in [6.45, 7) is 0. The first kappa shape index (κ1) is 12.0. The van der Waals surface area contributed by atoms with Gasteiger partial charge in [0.1, 0.15) is 6.33 Å². The van der Waals surface area contributed by atoms with Crippen LogP contribution < -0.4 is 20.1 Å². The van der Waals surface area contributed by atoms with Gasteiger partial charge in [0.15, 0.2) is 17.3 Å². The Balaban J connectivity index is 2.66. The average Bonchev–Trinajstić information content (AvgIpc) is 2.82. The van der Waals surface area contributed by atoms with Crippen LogP contribution >= 0.6 is 0 Å². The minimum Gasteiger partial charge on any atom is -0.493 e. The van der Waals surface area contributed by atoms with Crippen molar-refractivity contribution >= 4 is 0 Å². The molecule has 0 amide bonds. The number of hydrogen-bond acceptors (Lipinski definition) is 6. The van der Waals surface area contributed by atoms with Crippen LogP contribution in [0.2, 0.25) is 0 Å². The number of rotatable bonds is 4. The van der Waals surface area contributed by atoms with Crippen LogP contribution in [-0.4, -0.2) is 36.2 Å². The molecular formula is C11H14N4O3. The standard InChI is InChI=1S/C11H14N4O3/c1-16-8-5-4-7(9(17-2)10(8)18-3)11-14-13-6-15(11)12/h4-6H,12H2,1-3H3. The van der Waals surface area contributed by atoms with Crippen LogP contribution in [0.4, 0.5) is 0 Å². The van der Waals surface area contributed by atoms with E-state index in [1.54, 1.807) is 19.2 Å². The molecule has 0 saturated heterocycles. The van der Waals surface area contributed by atoms with E-state index in [0.717, 1.165) is 0 Å². The van der Waals surface area contributed by atoms with Gasteiger partial charge >= 0.3 is 0 Å². The molecular weight excluding hydrogens is 236 g/mol. The molecule has 0 spiro atoms. The molecule has 1 aromatic heterocycles. The molecule has 0 atom stereocenters. The van der Waals surface area contributed by atoms with E-state index >= 15 is 0 Å². The number of hydrogen-bond donors (Lipinski definition) is 1. The van der Waals surface area contributed by atoms with Crippen molar-refractivity contribution in [3.8, 4) is 28.6 Å². The molecule has 1 aromatic carbocycles. The Morgan fingerprint density at radius 2 is 1.78 bits per heavy atom. The summed E-state index contributed by atoms with van der Waals surface area (Å²) in [5, 5.41) is 7.67. The van der Waals surface area contributed by atoms with Gasteiger partial charge in [-0.15, -0.1) is 10.2 Å². The Bertz CT molecular complexity index is 553. The number of nitrogens with two attached hydrogens (primary N) is 1. The Morgan fingerprint density at radius 3 is 2.28 bits per heavy atom. The third-order valence-corrected chi connectivity index (χ3v) is 2.52. The third-order valence-electron chi connectivity index (χ3n) is 2.52. The van der Waals surface area contributed by atoms with Gasteiger partial charge in [0.25, 0.3) is 0 Å². The van der Waals surface area contributed by atoms with Crippen LogP contribution in [0, 0.1) is 0 Å². The average molecular weight is 250 g/mol. The van der Waals surface area contributed by atoms with Gasteiger partial charge < -0.3 is 20.1 Å². The molecule has 0 bridgehead atoms. The summed E-state index contributed by atoms with van der Waals surface area (Å²) in [6.07, 6.45) is 1.41. The van der Waals surface area contributed by atoms with Crippen molar-refractivity contribution in [3.63, 3.8) is 0 Å². The third kappa shape index (κ3) is 1.79. The molecule has 2 aromatic rings. The molecule has 1 heterocycles. The fourth-order valence-electron chi connectivity index (χ4n) is 1.71. The molecule has 0 aliphatic heterocycles. The maximum absolute atomic E-state index is 5.72. The highest BCUT2D eigenvalue weighted by Gasteiger charge is 2.19. The van der Waals surface area contributed by atoms with Crippen molar-refractivity contribution in [2.24, 2.45) is 0 Å². The zero-order valence-corrected chi connectivity index (χ0v) is 10.4. The molecule has 0 radical (unpaired) electrons. The molecule has 96 valence electrons. The van der Waals surface area contributed by atoms with E-state index in [9.17, 15) is 0 Å². The maximum Gasteiger partial charge on any atom is 0.204 e. The highest BCUT2D eigenvalue weighted by Crippen LogP contribution is 2.43. The van der Waals surface area contributed by atoms with Crippen molar-refractivity contribution in [1.82, 2.24) is 14.9 Å². The predicted octanol–water partition coefficient (Wildman–Crippen LogP) is 0.685. The number of methoxy groups -OCH3 is 3. The second kappa shape index (κ2) is 4.82. The summed E-state index contributed by atoms with van der Waals surface area (Å²) in [6, 6.07) is 3.54. The molecule has 7 heteroatoms. The Morgan fingerprint density at radius 1 is 1.06 bits per heavy atom. The number of aromatic nitrogens is 3. The number of ether oxygens (including phenoxy) is 3. The molecule has 0 aliphatic carbocycles. The highest BCUT2D eigenvalue weighted by molar-refractivity contribution is 5.72. The SMILES string of the molecule is COc1ccc(-c2nncn2N)c(OC)c1OC. The predicted molar refractivity (Wildman–Crippen MR) is 65.3 cm³/mol. The summed E-state index contributed by atoms with van der Waals surface area (Å²) < 4.78 is 17.1. The van der Waals surface area contributed by atoms with E-state index < -0.39 is 0 Å². The first-order valence-electron chi connectivity index (χ1n) is 5.17. The molecule has 0 fully saturated rings. The van der Waals surface area contributed by atoms with Gasteiger partial charge in [-0.25, -0.2) is 4.68 Å². The summed E-state index contributed by atoms with van der Waals surface area (Å²) in [7, 11) is 4.64. The quantitative estimate of drug-likeness (QED) is 0.803. The number of nitrogen functional groups attached to an aromatic ring is 1. The van der Waals surface area contributed by atoms with E-state index in [1.165, 1.54) is 25.2 Å². The fraction of sp³-hybridized carbons (Fsp3) is 0.273. The van der Waals surface area contributed by atoms with Gasteiger partial charge in [-0.2, -0.15) is 0 Å². The largest absolute Gasteiger partial charge is 0.493 e. The lowest BCUT2D eigenvalue weighted by molar-refractivity contribution is 0.325. The normalized spacial score (nSPS) is 10.2.